The van der Waals surface area contributed by atoms with Crippen molar-refractivity contribution in [3.63, 3.8) is 0 Å². The molecule has 0 saturated carbocycles. The van der Waals surface area contributed by atoms with Crippen LogP contribution in [0.25, 0.3) is 0 Å². The number of hydrogen-bond donors (Lipinski definition) is 0. The van der Waals surface area contributed by atoms with Crippen molar-refractivity contribution in [2.75, 3.05) is 0 Å². The number of nitriles is 1. The van der Waals surface area contributed by atoms with Gasteiger partial charge in [0.1, 0.15) is 49.9 Å². The molecule has 15 nitrogen and oxygen atoms in total. The Balaban J connectivity index is 0.000000902. The Bertz CT molecular complexity index is 2620. The summed E-state index contributed by atoms with van der Waals surface area (Å²) in [5, 5.41) is 8.34. The van der Waals surface area contributed by atoms with E-state index in [1.807, 2.05) is 53.7 Å². The van der Waals surface area contributed by atoms with Gasteiger partial charge in [-0.3, -0.25) is 24.1 Å². The van der Waals surface area contributed by atoms with Crippen LogP contribution in [0.2, 0.25) is 0 Å². The van der Waals surface area contributed by atoms with E-state index in [0.29, 0.717) is 17.0 Å². The molecule has 2 fully saturated rings. The zero-order chi connectivity index (χ0) is 58.4. The zero-order valence-corrected chi connectivity index (χ0v) is 49.6. The van der Waals surface area contributed by atoms with E-state index in [0.717, 1.165) is 47.9 Å². The number of rotatable bonds is 12. The molecule has 0 aromatic heterocycles. The number of amides is 3. The maximum absolute atomic E-state index is 13.4. The fraction of sp³-hybridized carbons (Fsp3) is 0.455. The maximum atomic E-state index is 13.4. The molecule has 0 aliphatic carbocycles. The molecule has 77 heavy (non-hydrogen) atoms. The number of nitrogens with zero attached hydrogens (tertiary/aromatic N) is 3. The summed E-state index contributed by atoms with van der Waals surface area (Å²) < 4.78 is 118. The van der Waals surface area contributed by atoms with Crippen molar-refractivity contribution in [1.29, 1.82) is 5.26 Å². The summed E-state index contributed by atoms with van der Waals surface area (Å²) in [6.07, 6.45) is 0.566. The van der Waals surface area contributed by atoms with E-state index in [2.05, 4.69) is 31.7 Å². The third kappa shape index (κ3) is 28.0. The van der Waals surface area contributed by atoms with Gasteiger partial charge in [0.25, 0.3) is 17.7 Å². The first-order valence-electron chi connectivity index (χ1n) is 24.1. The molecule has 4 aromatic rings. The number of ether oxygens (including phenoxy) is 4. The SMILES string of the molecule is C=C1CCC(=O)N1OC(C)C.CC(C)ON1C(=O)CC(S(=O)(=O)[O-])C1=O.CC(C)Oc1cc(F)cc(F)c1.CC(C)Oc1ccc(C#N)cc1.Cc1cc(F)c(F)c(OC(C)(C)C)c1F.Cc1ccc(OC(C)C)cc1.[Na+]. The summed E-state index contributed by atoms with van der Waals surface area (Å²) in [5.41, 5.74) is 1.94. The van der Waals surface area contributed by atoms with Gasteiger partial charge in [0.05, 0.1) is 48.6 Å². The van der Waals surface area contributed by atoms with E-state index >= 15 is 0 Å². The molecule has 1 atom stereocenters. The number of carbonyl (C=O) groups is 3. The molecule has 1 unspecified atom stereocenters. The molecule has 0 radical (unpaired) electrons. The van der Waals surface area contributed by atoms with Crippen LogP contribution in [0.4, 0.5) is 22.0 Å². The van der Waals surface area contributed by atoms with Gasteiger partial charge in [-0.25, -0.2) is 26.0 Å². The molecule has 0 bridgehead atoms. The molecular formula is C55H71F5N3NaO12S. The first-order valence-corrected chi connectivity index (χ1v) is 25.5. The summed E-state index contributed by atoms with van der Waals surface area (Å²) in [7, 11) is -4.80. The van der Waals surface area contributed by atoms with Crippen LogP contribution in [0.15, 0.2) is 85.1 Å². The molecule has 2 saturated heterocycles. The van der Waals surface area contributed by atoms with Crippen molar-refractivity contribution in [3.05, 3.63) is 131 Å². The van der Waals surface area contributed by atoms with Crippen LogP contribution in [0.3, 0.4) is 0 Å². The van der Waals surface area contributed by atoms with Gasteiger partial charge in [0.15, 0.2) is 17.4 Å². The fourth-order valence-corrected chi connectivity index (χ4v) is 6.53. The number of allylic oxidation sites excluding steroid dienone is 1. The van der Waals surface area contributed by atoms with Crippen LogP contribution in [0.5, 0.6) is 23.0 Å². The van der Waals surface area contributed by atoms with E-state index in [4.69, 9.17) is 33.9 Å². The van der Waals surface area contributed by atoms with Gasteiger partial charge in [0.2, 0.25) is 5.82 Å². The molecule has 0 spiro atoms. The van der Waals surface area contributed by atoms with Crippen molar-refractivity contribution in [2.24, 2.45) is 0 Å². The van der Waals surface area contributed by atoms with Crippen molar-refractivity contribution >= 4 is 27.8 Å². The van der Waals surface area contributed by atoms with Gasteiger partial charge in [-0.2, -0.15) is 19.8 Å². The molecule has 0 N–H and O–H groups in total. The van der Waals surface area contributed by atoms with E-state index in [9.17, 15) is 49.3 Å². The van der Waals surface area contributed by atoms with E-state index in [1.165, 1.54) is 17.6 Å². The monoisotopic (exact) mass is 1120 g/mol. The number of hydroxylamine groups is 4. The quantitative estimate of drug-likeness (QED) is 0.0430. The number of halogens is 5. The second kappa shape index (κ2) is 33.6. The maximum Gasteiger partial charge on any atom is 1.00 e. The van der Waals surface area contributed by atoms with E-state index in [1.54, 1.807) is 72.7 Å². The van der Waals surface area contributed by atoms with Crippen LogP contribution in [0.1, 0.15) is 126 Å². The van der Waals surface area contributed by atoms with Crippen LogP contribution < -0.4 is 48.5 Å². The van der Waals surface area contributed by atoms with Crippen LogP contribution in [-0.4, -0.2) is 82.2 Å². The van der Waals surface area contributed by atoms with Crippen molar-refractivity contribution in [1.82, 2.24) is 10.1 Å². The predicted octanol–water partition coefficient (Wildman–Crippen LogP) is 8.93. The van der Waals surface area contributed by atoms with Gasteiger partial charge >= 0.3 is 29.6 Å². The molecular weight excluding hydrogens is 1040 g/mol. The Kier molecular flexibility index (Phi) is 31.2. The number of carbonyl (C=O) groups excluding carboxylic acids is 3. The topological polar surface area (TPSA) is 194 Å². The number of benzene rings is 4. The largest absolute Gasteiger partial charge is 1.00 e. The Morgan fingerprint density at radius 3 is 1.47 bits per heavy atom. The first-order chi connectivity index (χ1) is 35.0. The second-order valence-corrected chi connectivity index (χ2v) is 20.7. The van der Waals surface area contributed by atoms with Gasteiger partial charge in [-0.1, -0.05) is 24.3 Å². The standard InChI is InChI=1S/C11H13F3O.C10H11NO.C10H14O.C9H10F2O.C8H13NO2.C7H11NO6S.Na/c1-6-5-7(12)9(14)10(8(6)13)15-11(2,3)4;1-8(2)12-10-5-3-9(7-11)4-6-10;1-8(2)11-10-6-4-9(3)5-7-10;1-6(2)12-9-4-7(10)3-8(11)5-9;1-6(2)11-9-7(3)4-5-8(9)10;1-4(2)14-8-6(9)3-5(7(8)10)15(11,12)13;/h5H,1-4H3;3-6,8H,1-2H3;4-8H,1-3H3;3-6H,1-2H3;6H,3-5H2,1-2H3;4-5H,3H2,1-2H3,(H,11,12,13);/q;;;;;;+1/p-1. The zero-order valence-electron chi connectivity index (χ0n) is 46.8. The Morgan fingerprint density at radius 1 is 0.649 bits per heavy atom. The number of imide groups is 1. The minimum atomic E-state index is -4.80. The summed E-state index contributed by atoms with van der Waals surface area (Å²) in [6, 6.07) is 21.2. The smallest absolute Gasteiger partial charge is 0.747 e. The molecule has 6 rings (SSSR count). The van der Waals surface area contributed by atoms with Crippen LogP contribution >= 0.6 is 0 Å². The summed E-state index contributed by atoms with van der Waals surface area (Å²) >= 11 is 0. The molecule has 22 heteroatoms. The number of hydrogen-bond acceptors (Lipinski definition) is 13. The molecule has 2 heterocycles. The summed E-state index contributed by atoms with van der Waals surface area (Å²) in [4.78, 5) is 43.5. The van der Waals surface area contributed by atoms with Crippen molar-refractivity contribution in [2.45, 2.75) is 164 Å². The predicted molar refractivity (Wildman–Crippen MR) is 275 cm³/mol. The summed E-state index contributed by atoms with van der Waals surface area (Å²) in [5.74, 6) is -5.05. The summed E-state index contributed by atoms with van der Waals surface area (Å²) in [6.45, 7) is 30.5. The minimum absolute atomic E-state index is 0. The Labute approximate surface area is 472 Å². The van der Waals surface area contributed by atoms with Gasteiger partial charge in [-0.15, -0.1) is 0 Å². The van der Waals surface area contributed by atoms with Crippen molar-refractivity contribution < 1.29 is 107 Å². The fourth-order valence-electron chi connectivity index (χ4n) is 5.84. The van der Waals surface area contributed by atoms with Gasteiger partial charge in [-0.05, 0) is 158 Å². The van der Waals surface area contributed by atoms with Crippen molar-refractivity contribution in [3.8, 4) is 29.1 Å². The van der Waals surface area contributed by atoms with Crippen LogP contribution in [0, 0.1) is 54.3 Å². The second-order valence-electron chi connectivity index (χ2n) is 19.2. The molecule has 420 valence electrons. The molecule has 4 aromatic carbocycles. The average Bonchev–Trinajstić information content (AvgIpc) is 3.76. The molecule has 2 aliphatic heterocycles. The average molecular weight is 1120 g/mol. The Hall–Kier alpha value is -5.60. The van der Waals surface area contributed by atoms with E-state index < -0.39 is 80.1 Å². The third-order valence-electron chi connectivity index (χ3n) is 8.85. The first kappa shape index (κ1) is 71.4. The normalized spacial score (nSPS) is 14.0. The van der Waals surface area contributed by atoms with E-state index in [-0.39, 0.29) is 71.2 Å². The van der Waals surface area contributed by atoms with Gasteiger partial charge < -0.3 is 23.5 Å². The molecule has 3 amide bonds. The minimum Gasteiger partial charge on any atom is -0.747 e. The molecule has 2 aliphatic rings. The Morgan fingerprint density at radius 2 is 1.09 bits per heavy atom. The van der Waals surface area contributed by atoms with Crippen LogP contribution in [-0.2, 0) is 34.2 Å². The third-order valence-corrected chi connectivity index (χ3v) is 9.91. The van der Waals surface area contributed by atoms with Gasteiger partial charge in [0, 0.05) is 30.3 Å². The number of aryl methyl sites for hydroxylation is 2.